The Morgan fingerprint density at radius 1 is 1.19 bits per heavy atom. The number of thiophene rings is 1. The summed E-state index contributed by atoms with van der Waals surface area (Å²) in [6.45, 7) is 1.98. The first-order chi connectivity index (χ1) is 13.0. The fourth-order valence-corrected chi connectivity index (χ4v) is 5.04. The number of anilines is 2. The molecule has 0 atom stereocenters. The van der Waals surface area contributed by atoms with Crippen LogP contribution in [-0.2, 0) is 17.6 Å². The van der Waals surface area contributed by atoms with E-state index in [1.807, 2.05) is 25.1 Å². The van der Waals surface area contributed by atoms with Gasteiger partial charge in [-0.1, -0.05) is 30.5 Å². The Bertz CT molecular complexity index is 864. The lowest BCUT2D eigenvalue weighted by Crippen LogP contribution is -2.20. The van der Waals surface area contributed by atoms with E-state index in [0.717, 1.165) is 47.5 Å². The van der Waals surface area contributed by atoms with Gasteiger partial charge in [-0.3, -0.25) is 0 Å². The van der Waals surface area contributed by atoms with Crippen molar-refractivity contribution >= 4 is 56.9 Å². The van der Waals surface area contributed by atoms with Gasteiger partial charge >= 0.3 is 5.97 Å². The molecule has 0 amide bonds. The lowest BCUT2D eigenvalue weighted by atomic mass is 9.96. The summed E-state index contributed by atoms with van der Waals surface area (Å²) in [5, 5.41) is 8.22. The molecule has 4 nitrogen and oxygen atoms in total. The van der Waals surface area contributed by atoms with Crippen LogP contribution >= 0.6 is 35.2 Å². The summed E-state index contributed by atoms with van der Waals surface area (Å²) in [4.78, 5) is 13.7. The number of thiocarbonyl (C=S) groups is 1. The van der Waals surface area contributed by atoms with Gasteiger partial charge in [-0.05, 0) is 68.1 Å². The SMILES string of the molecule is COC(=O)c1c(NC(=S)Nc2cc(Cl)ccc2C)sc2c1CCCCCC2. The highest BCUT2D eigenvalue weighted by Crippen LogP contribution is 2.37. The number of hydrogen-bond donors (Lipinski definition) is 2. The Kier molecular flexibility index (Phi) is 6.73. The highest BCUT2D eigenvalue weighted by molar-refractivity contribution is 7.80. The van der Waals surface area contributed by atoms with Gasteiger partial charge in [-0.15, -0.1) is 11.3 Å². The van der Waals surface area contributed by atoms with E-state index in [0.29, 0.717) is 15.7 Å². The highest BCUT2D eigenvalue weighted by atomic mass is 35.5. The van der Waals surface area contributed by atoms with Crippen molar-refractivity contribution in [1.82, 2.24) is 0 Å². The van der Waals surface area contributed by atoms with Crippen molar-refractivity contribution in [3.8, 4) is 0 Å². The van der Waals surface area contributed by atoms with Crippen molar-refractivity contribution in [3.63, 3.8) is 0 Å². The third-order valence-electron chi connectivity index (χ3n) is 4.74. The van der Waals surface area contributed by atoms with Crippen LogP contribution in [0.3, 0.4) is 0 Å². The largest absolute Gasteiger partial charge is 0.465 e. The number of hydrogen-bond acceptors (Lipinski definition) is 4. The quantitative estimate of drug-likeness (QED) is 0.471. The Morgan fingerprint density at radius 3 is 2.67 bits per heavy atom. The number of fused-ring (bicyclic) bond motifs is 1. The van der Waals surface area contributed by atoms with Gasteiger partial charge in [0.2, 0.25) is 0 Å². The molecule has 0 fully saturated rings. The molecule has 0 aliphatic heterocycles. The molecule has 144 valence electrons. The number of aryl methyl sites for hydroxylation is 2. The topological polar surface area (TPSA) is 50.4 Å². The second kappa shape index (κ2) is 9.04. The summed E-state index contributed by atoms with van der Waals surface area (Å²) in [6, 6.07) is 5.61. The number of ether oxygens (including phenoxy) is 1. The van der Waals surface area contributed by atoms with E-state index in [4.69, 9.17) is 28.6 Å². The minimum absolute atomic E-state index is 0.308. The standard InChI is InChI=1S/C20H23ClN2O2S2/c1-12-9-10-13(21)11-15(12)22-20(26)23-18-17(19(24)25-2)14-7-5-3-4-6-8-16(14)27-18/h9-11H,3-8H2,1-2H3,(H2,22,23,26). The molecule has 0 radical (unpaired) electrons. The van der Waals surface area contributed by atoms with Crippen molar-refractivity contribution in [2.75, 3.05) is 17.7 Å². The van der Waals surface area contributed by atoms with Gasteiger partial charge in [0.15, 0.2) is 5.11 Å². The summed E-state index contributed by atoms with van der Waals surface area (Å²) in [5.74, 6) is -0.308. The second-order valence-electron chi connectivity index (χ2n) is 6.65. The highest BCUT2D eigenvalue weighted by Gasteiger charge is 2.25. The van der Waals surface area contributed by atoms with Crippen LogP contribution in [0.2, 0.25) is 5.02 Å². The van der Waals surface area contributed by atoms with Crippen molar-refractivity contribution in [2.24, 2.45) is 0 Å². The summed E-state index contributed by atoms with van der Waals surface area (Å²) in [5.41, 5.74) is 3.63. The number of benzene rings is 1. The van der Waals surface area contributed by atoms with Gasteiger partial charge in [-0.2, -0.15) is 0 Å². The van der Waals surface area contributed by atoms with Crippen molar-refractivity contribution < 1.29 is 9.53 Å². The predicted molar refractivity (Wildman–Crippen MR) is 118 cm³/mol. The van der Waals surface area contributed by atoms with E-state index in [9.17, 15) is 4.79 Å². The van der Waals surface area contributed by atoms with E-state index in [1.165, 1.54) is 24.8 Å². The lowest BCUT2D eigenvalue weighted by Gasteiger charge is -2.13. The van der Waals surface area contributed by atoms with Crippen LogP contribution in [-0.4, -0.2) is 18.2 Å². The van der Waals surface area contributed by atoms with Gasteiger partial charge < -0.3 is 15.4 Å². The average Bonchev–Trinajstić information content (AvgIpc) is 2.93. The molecule has 0 bridgehead atoms. The van der Waals surface area contributed by atoms with Crippen LogP contribution in [0.15, 0.2) is 18.2 Å². The monoisotopic (exact) mass is 422 g/mol. The zero-order valence-electron chi connectivity index (χ0n) is 15.5. The zero-order valence-corrected chi connectivity index (χ0v) is 17.9. The lowest BCUT2D eigenvalue weighted by molar-refractivity contribution is 0.0601. The van der Waals surface area contributed by atoms with Crippen LogP contribution in [0.4, 0.5) is 10.7 Å². The van der Waals surface area contributed by atoms with E-state index in [-0.39, 0.29) is 5.97 Å². The maximum atomic E-state index is 12.5. The average molecular weight is 423 g/mol. The first-order valence-electron chi connectivity index (χ1n) is 9.06. The molecule has 0 spiro atoms. The minimum atomic E-state index is -0.308. The number of carbonyl (C=O) groups excluding carboxylic acids is 1. The molecule has 2 aromatic rings. The van der Waals surface area contributed by atoms with Gasteiger partial charge in [0, 0.05) is 15.6 Å². The second-order valence-corrected chi connectivity index (χ2v) is 8.60. The van der Waals surface area contributed by atoms with Gasteiger partial charge in [-0.25, -0.2) is 4.79 Å². The number of rotatable bonds is 3. The molecule has 0 saturated carbocycles. The van der Waals surface area contributed by atoms with Crippen molar-refractivity contribution in [1.29, 1.82) is 0 Å². The molecule has 1 aromatic carbocycles. The summed E-state index contributed by atoms with van der Waals surface area (Å²) < 4.78 is 5.05. The van der Waals surface area contributed by atoms with Crippen molar-refractivity contribution in [3.05, 3.63) is 44.8 Å². The molecule has 0 unspecified atom stereocenters. The van der Waals surface area contributed by atoms with Gasteiger partial charge in [0.05, 0.1) is 12.7 Å². The first-order valence-corrected chi connectivity index (χ1v) is 10.7. The van der Waals surface area contributed by atoms with E-state index < -0.39 is 0 Å². The van der Waals surface area contributed by atoms with Crippen LogP contribution in [0.1, 0.15) is 52.0 Å². The first kappa shape index (κ1) is 20.1. The molecule has 7 heteroatoms. The van der Waals surface area contributed by atoms with Crippen LogP contribution in [0.5, 0.6) is 0 Å². The number of methoxy groups -OCH3 is 1. The Hall–Kier alpha value is -1.63. The maximum Gasteiger partial charge on any atom is 0.341 e. The molecule has 2 N–H and O–H groups in total. The number of carbonyl (C=O) groups is 1. The normalized spacial score (nSPS) is 13.9. The molecular weight excluding hydrogens is 400 g/mol. The summed E-state index contributed by atoms with van der Waals surface area (Å²) in [7, 11) is 1.42. The molecule has 1 heterocycles. The third kappa shape index (κ3) is 4.81. The van der Waals surface area contributed by atoms with Crippen LogP contribution in [0, 0.1) is 6.92 Å². The smallest absolute Gasteiger partial charge is 0.341 e. The molecule has 0 saturated heterocycles. The fourth-order valence-electron chi connectivity index (χ4n) is 3.31. The third-order valence-corrected chi connectivity index (χ3v) is 6.38. The Labute approximate surface area is 174 Å². The molecule has 1 aromatic heterocycles. The van der Waals surface area contributed by atoms with Gasteiger partial charge in [0.25, 0.3) is 0 Å². The van der Waals surface area contributed by atoms with E-state index in [1.54, 1.807) is 11.3 Å². The van der Waals surface area contributed by atoms with Crippen LogP contribution < -0.4 is 10.6 Å². The summed E-state index contributed by atoms with van der Waals surface area (Å²) in [6.07, 6.45) is 6.59. The minimum Gasteiger partial charge on any atom is -0.465 e. The van der Waals surface area contributed by atoms with Gasteiger partial charge in [0.1, 0.15) is 5.00 Å². The van der Waals surface area contributed by atoms with E-state index >= 15 is 0 Å². The Balaban J connectivity index is 1.86. The molecule has 27 heavy (non-hydrogen) atoms. The summed E-state index contributed by atoms with van der Waals surface area (Å²) >= 11 is 13.2. The predicted octanol–water partition coefficient (Wildman–Crippen LogP) is 5.96. The number of esters is 1. The molecule has 1 aliphatic carbocycles. The van der Waals surface area contributed by atoms with Crippen molar-refractivity contribution in [2.45, 2.75) is 45.4 Å². The maximum absolute atomic E-state index is 12.5. The molecule has 3 rings (SSSR count). The zero-order chi connectivity index (χ0) is 19.4. The number of halogens is 1. The van der Waals surface area contributed by atoms with Crippen LogP contribution in [0.25, 0.3) is 0 Å². The Morgan fingerprint density at radius 2 is 1.93 bits per heavy atom. The molecule has 1 aliphatic rings. The fraction of sp³-hybridized carbons (Fsp3) is 0.400. The number of nitrogens with one attached hydrogen (secondary N) is 2. The van der Waals surface area contributed by atoms with E-state index in [2.05, 4.69) is 10.6 Å². The molecular formula is C20H23ClN2O2S2.